The summed E-state index contributed by atoms with van der Waals surface area (Å²) < 4.78 is 20.2. The lowest BCUT2D eigenvalue weighted by Gasteiger charge is -2.17. The van der Waals surface area contributed by atoms with Crippen LogP contribution in [0.1, 0.15) is 5.69 Å². The van der Waals surface area contributed by atoms with Gasteiger partial charge in [-0.15, -0.1) is 11.3 Å². The van der Waals surface area contributed by atoms with E-state index in [-0.39, 0.29) is 18.1 Å². The zero-order valence-corrected chi connectivity index (χ0v) is 13.4. The van der Waals surface area contributed by atoms with E-state index in [0.717, 1.165) is 10.7 Å². The molecule has 0 spiro atoms. The fourth-order valence-electron chi connectivity index (χ4n) is 2.11. The summed E-state index contributed by atoms with van der Waals surface area (Å²) in [5.74, 6) is 0.268. The smallest absolute Gasteiger partial charge is 0.228 e. The van der Waals surface area contributed by atoms with Gasteiger partial charge in [-0.05, 0) is 24.3 Å². The number of amides is 1. The molecule has 1 amide bonds. The Hall–Kier alpha value is -2.41. The molecule has 0 N–H and O–H groups in total. The monoisotopic (exact) mass is 333 g/mol. The third-order valence-electron chi connectivity index (χ3n) is 3.41. The first-order chi connectivity index (χ1) is 11.1. The molecule has 0 saturated carbocycles. The van der Waals surface area contributed by atoms with Crippen molar-refractivity contribution in [3.8, 4) is 5.75 Å². The van der Waals surface area contributed by atoms with E-state index < -0.39 is 0 Å². The Morgan fingerprint density at radius 1 is 1.39 bits per heavy atom. The molecule has 1 aromatic carbocycles. The van der Waals surface area contributed by atoms with Crippen LogP contribution in [0.15, 0.2) is 42.0 Å². The summed E-state index contributed by atoms with van der Waals surface area (Å²) in [7, 11) is 1.73. The van der Waals surface area contributed by atoms with Crippen molar-refractivity contribution >= 4 is 22.2 Å². The highest BCUT2D eigenvalue weighted by Crippen LogP contribution is 2.13. The van der Waals surface area contributed by atoms with Crippen LogP contribution >= 0.6 is 11.3 Å². The van der Waals surface area contributed by atoms with E-state index in [4.69, 9.17) is 4.74 Å². The first-order valence-electron chi connectivity index (χ1n) is 7.15. The summed E-state index contributed by atoms with van der Waals surface area (Å²) in [5.41, 5.74) is 0.758. The first-order valence-corrected chi connectivity index (χ1v) is 8.03. The average Bonchev–Trinajstić information content (AvgIpc) is 3.10. The van der Waals surface area contributed by atoms with Gasteiger partial charge < -0.3 is 9.64 Å². The second-order valence-electron chi connectivity index (χ2n) is 5.12. The Labute approximate surface area is 136 Å². The Bertz CT molecular complexity index is 769. The van der Waals surface area contributed by atoms with Crippen molar-refractivity contribution in [3.63, 3.8) is 0 Å². The molecule has 0 aliphatic heterocycles. The molecule has 3 aromatic rings. The Morgan fingerprint density at radius 2 is 2.17 bits per heavy atom. The number of carbonyl (C=O) groups excluding carboxylic acids is 1. The van der Waals surface area contributed by atoms with Gasteiger partial charge in [-0.3, -0.25) is 9.20 Å². The molecule has 0 aliphatic rings. The summed E-state index contributed by atoms with van der Waals surface area (Å²) >= 11 is 1.54. The minimum Gasteiger partial charge on any atom is -0.492 e. The van der Waals surface area contributed by atoms with Crippen LogP contribution in [0.25, 0.3) is 4.96 Å². The molecule has 0 aliphatic carbocycles. The highest BCUT2D eigenvalue weighted by atomic mass is 32.1. The van der Waals surface area contributed by atoms with Crippen molar-refractivity contribution in [1.29, 1.82) is 0 Å². The van der Waals surface area contributed by atoms with Gasteiger partial charge in [0.1, 0.15) is 18.2 Å². The van der Waals surface area contributed by atoms with Crippen molar-refractivity contribution in [2.45, 2.75) is 6.42 Å². The standard InChI is InChI=1S/C16H16FN3O2S/c1-19(6-8-22-14-4-2-12(17)3-5-14)15(21)10-13-11-20-7-9-23-16(20)18-13/h2-5,7,9,11H,6,8,10H2,1H3. The van der Waals surface area contributed by atoms with E-state index in [2.05, 4.69) is 4.98 Å². The fraction of sp³-hybridized carbons (Fsp3) is 0.250. The third-order valence-corrected chi connectivity index (χ3v) is 4.18. The van der Waals surface area contributed by atoms with E-state index in [0.29, 0.717) is 18.9 Å². The van der Waals surface area contributed by atoms with E-state index >= 15 is 0 Å². The van der Waals surface area contributed by atoms with E-state index in [1.807, 2.05) is 22.2 Å². The van der Waals surface area contributed by atoms with Gasteiger partial charge in [0, 0.05) is 24.8 Å². The van der Waals surface area contributed by atoms with Crippen molar-refractivity contribution in [3.05, 3.63) is 53.6 Å². The number of likely N-dealkylation sites (N-methyl/N-ethyl adjacent to an activating group) is 1. The number of fused-ring (bicyclic) bond motifs is 1. The minimum atomic E-state index is -0.301. The van der Waals surface area contributed by atoms with Crippen molar-refractivity contribution in [2.24, 2.45) is 0 Å². The zero-order valence-electron chi connectivity index (χ0n) is 12.6. The quantitative estimate of drug-likeness (QED) is 0.697. The summed E-state index contributed by atoms with van der Waals surface area (Å²) in [6.45, 7) is 0.810. The second kappa shape index (κ2) is 6.78. The SMILES string of the molecule is CN(CCOc1ccc(F)cc1)C(=O)Cc1cn2ccsc2n1. The van der Waals surface area contributed by atoms with Crippen LogP contribution in [0.2, 0.25) is 0 Å². The van der Waals surface area contributed by atoms with E-state index in [9.17, 15) is 9.18 Å². The Kier molecular flexibility index (Phi) is 4.57. The summed E-state index contributed by atoms with van der Waals surface area (Å²) in [4.78, 5) is 19.1. The van der Waals surface area contributed by atoms with Crippen LogP contribution < -0.4 is 4.74 Å². The molecule has 0 fully saturated rings. The molecule has 0 radical (unpaired) electrons. The fourth-order valence-corrected chi connectivity index (χ4v) is 2.83. The molecule has 0 atom stereocenters. The highest BCUT2D eigenvalue weighted by Gasteiger charge is 2.12. The van der Waals surface area contributed by atoms with Crippen molar-refractivity contribution in [1.82, 2.24) is 14.3 Å². The summed E-state index contributed by atoms with van der Waals surface area (Å²) in [6.07, 6.45) is 4.05. The molecular formula is C16H16FN3O2S. The van der Waals surface area contributed by atoms with Gasteiger partial charge in [0.05, 0.1) is 18.7 Å². The Morgan fingerprint density at radius 3 is 2.91 bits per heavy atom. The van der Waals surface area contributed by atoms with Gasteiger partial charge in [-0.25, -0.2) is 9.37 Å². The number of thiazole rings is 1. The zero-order chi connectivity index (χ0) is 16.2. The second-order valence-corrected chi connectivity index (χ2v) is 5.99. The van der Waals surface area contributed by atoms with Crippen molar-refractivity contribution < 1.29 is 13.9 Å². The topological polar surface area (TPSA) is 46.8 Å². The van der Waals surface area contributed by atoms with Crippen molar-refractivity contribution in [2.75, 3.05) is 20.2 Å². The van der Waals surface area contributed by atoms with Gasteiger partial charge in [-0.1, -0.05) is 0 Å². The van der Waals surface area contributed by atoms with Crippen LogP contribution in [0.4, 0.5) is 4.39 Å². The molecule has 0 unspecified atom stereocenters. The molecule has 2 heterocycles. The van der Waals surface area contributed by atoms with Crippen LogP contribution in [0.3, 0.4) is 0 Å². The molecule has 3 rings (SSSR count). The number of nitrogens with zero attached hydrogens (tertiary/aromatic N) is 3. The van der Waals surface area contributed by atoms with Gasteiger partial charge in [0.25, 0.3) is 0 Å². The van der Waals surface area contributed by atoms with Gasteiger partial charge in [0.2, 0.25) is 5.91 Å². The molecule has 2 aromatic heterocycles. The number of rotatable bonds is 6. The first kappa shape index (κ1) is 15.5. The predicted octanol–water partition coefficient (Wildman–Crippen LogP) is 2.61. The highest BCUT2D eigenvalue weighted by molar-refractivity contribution is 7.15. The summed E-state index contributed by atoms with van der Waals surface area (Å²) in [6, 6.07) is 5.81. The molecule has 0 bridgehead atoms. The molecule has 7 heteroatoms. The lowest BCUT2D eigenvalue weighted by Crippen LogP contribution is -2.32. The number of imidazole rings is 1. The number of aromatic nitrogens is 2. The molecule has 0 saturated heterocycles. The number of ether oxygens (including phenoxy) is 1. The maximum Gasteiger partial charge on any atom is 0.228 e. The van der Waals surface area contributed by atoms with Crippen LogP contribution in [-0.2, 0) is 11.2 Å². The lowest BCUT2D eigenvalue weighted by atomic mass is 10.3. The maximum absolute atomic E-state index is 12.8. The van der Waals surface area contributed by atoms with Gasteiger partial charge >= 0.3 is 0 Å². The maximum atomic E-state index is 12.8. The predicted molar refractivity (Wildman–Crippen MR) is 86.3 cm³/mol. The molecule has 23 heavy (non-hydrogen) atoms. The van der Waals surface area contributed by atoms with Gasteiger partial charge in [-0.2, -0.15) is 0 Å². The van der Waals surface area contributed by atoms with E-state index in [1.54, 1.807) is 24.1 Å². The van der Waals surface area contributed by atoms with Gasteiger partial charge in [0.15, 0.2) is 4.96 Å². The number of hydrogen-bond donors (Lipinski definition) is 0. The number of benzene rings is 1. The third kappa shape index (κ3) is 3.87. The minimum absolute atomic E-state index is 0.0153. The average molecular weight is 333 g/mol. The normalized spacial score (nSPS) is 10.9. The van der Waals surface area contributed by atoms with E-state index in [1.165, 1.54) is 23.5 Å². The summed E-state index contributed by atoms with van der Waals surface area (Å²) in [5, 5.41) is 1.95. The molecule has 5 nitrogen and oxygen atoms in total. The van der Waals surface area contributed by atoms with Crippen LogP contribution in [-0.4, -0.2) is 40.4 Å². The Balaban J connectivity index is 1.47. The lowest BCUT2D eigenvalue weighted by molar-refractivity contribution is -0.129. The van der Waals surface area contributed by atoms with Crippen LogP contribution in [0.5, 0.6) is 5.75 Å². The van der Waals surface area contributed by atoms with Crippen LogP contribution in [0, 0.1) is 5.82 Å². The number of halogens is 1. The number of carbonyl (C=O) groups is 1. The molecule has 120 valence electrons. The largest absolute Gasteiger partial charge is 0.492 e. The molecular weight excluding hydrogens is 317 g/mol. The number of hydrogen-bond acceptors (Lipinski definition) is 4.